The number of nitrogens with two attached hydrogens (primary N) is 1. The number of hydrogen-bond acceptors (Lipinski definition) is 3. The van der Waals surface area contributed by atoms with Crippen LogP contribution < -0.4 is 10.5 Å². The fourth-order valence-electron chi connectivity index (χ4n) is 3.44. The first-order chi connectivity index (χ1) is 12.5. The van der Waals surface area contributed by atoms with E-state index in [1.807, 2.05) is 0 Å². The fourth-order valence-corrected chi connectivity index (χ4v) is 3.44. The number of amides is 1. The molecule has 0 aliphatic heterocycles. The lowest BCUT2D eigenvalue weighted by Crippen LogP contribution is -2.17. The Labute approximate surface area is 152 Å². The van der Waals surface area contributed by atoms with Gasteiger partial charge in [0.1, 0.15) is 0 Å². The van der Waals surface area contributed by atoms with Gasteiger partial charge < -0.3 is 10.5 Å². The van der Waals surface area contributed by atoms with E-state index < -0.39 is 17.7 Å². The third-order valence-corrected chi connectivity index (χ3v) is 4.83. The number of rotatable bonds is 5. The number of esters is 1. The molecule has 1 saturated carbocycles. The van der Waals surface area contributed by atoms with Gasteiger partial charge in [-0.15, -0.1) is 0 Å². The van der Waals surface area contributed by atoms with Crippen molar-refractivity contribution in [3.63, 3.8) is 0 Å². The molecule has 0 aromatic heterocycles. The van der Waals surface area contributed by atoms with Gasteiger partial charge in [0, 0.05) is 17.5 Å². The SMILES string of the molecule is NC(=O)c1cccc(-c2cccc(OC(=O)CC3CCCCC3)c2F)c1. The average Bonchev–Trinajstić information content (AvgIpc) is 2.64. The first-order valence-electron chi connectivity index (χ1n) is 8.94. The Balaban J connectivity index is 1.77. The van der Waals surface area contributed by atoms with Crippen LogP contribution in [0.2, 0.25) is 0 Å². The summed E-state index contributed by atoms with van der Waals surface area (Å²) >= 11 is 0. The molecule has 1 aliphatic carbocycles. The van der Waals surface area contributed by atoms with E-state index in [1.54, 1.807) is 30.3 Å². The van der Waals surface area contributed by atoms with Gasteiger partial charge in [0.05, 0.1) is 0 Å². The van der Waals surface area contributed by atoms with Crippen molar-refractivity contribution in [2.75, 3.05) is 0 Å². The van der Waals surface area contributed by atoms with Crippen LogP contribution in [-0.4, -0.2) is 11.9 Å². The van der Waals surface area contributed by atoms with Gasteiger partial charge in [0.2, 0.25) is 5.91 Å². The molecule has 2 aromatic rings. The van der Waals surface area contributed by atoms with Crippen LogP contribution in [-0.2, 0) is 4.79 Å². The zero-order valence-electron chi connectivity index (χ0n) is 14.5. The van der Waals surface area contributed by atoms with Crippen LogP contribution in [0, 0.1) is 11.7 Å². The monoisotopic (exact) mass is 355 g/mol. The number of ether oxygens (including phenoxy) is 1. The normalized spacial score (nSPS) is 14.8. The summed E-state index contributed by atoms with van der Waals surface area (Å²) < 4.78 is 20.1. The van der Waals surface area contributed by atoms with Crippen LogP contribution in [0.25, 0.3) is 11.1 Å². The molecule has 26 heavy (non-hydrogen) atoms. The molecule has 5 heteroatoms. The molecule has 4 nitrogen and oxygen atoms in total. The van der Waals surface area contributed by atoms with E-state index in [-0.39, 0.29) is 11.3 Å². The largest absolute Gasteiger partial charge is 0.423 e. The highest BCUT2D eigenvalue weighted by Gasteiger charge is 2.20. The number of halogens is 1. The Kier molecular flexibility index (Phi) is 5.66. The number of carbonyl (C=O) groups excluding carboxylic acids is 2. The summed E-state index contributed by atoms with van der Waals surface area (Å²) in [5, 5.41) is 0. The maximum absolute atomic E-state index is 14.8. The Morgan fingerprint density at radius 2 is 1.81 bits per heavy atom. The highest BCUT2D eigenvalue weighted by Crippen LogP contribution is 2.31. The first kappa shape index (κ1) is 18.1. The molecule has 1 aliphatic rings. The van der Waals surface area contributed by atoms with E-state index in [0.29, 0.717) is 23.5 Å². The van der Waals surface area contributed by atoms with Gasteiger partial charge in [0.15, 0.2) is 11.6 Å². The van der Waals surface area contributed by atoms with Crippen molar-refractivity contribution in [1.29, 1.82) is 0 Å². The lowest BCUT2D eigenvalue weighted by atomic mass is 9.87. The van der Waals surface area contributed by atoms with E-state index in [0.717, 1.165) is 25.7 Å². The molecular formula is C21H22FNO3. The smallest absolute Gasteiger partial charge is 0.311 e. The number of carbonyl (C=O) groups is 2. The summed E-state index contributed by atoms with van der Waals surface area (Å²) in [4.78, 5) is 23.5. The van der Waals surface area contributed by atoms with E-state index in [2.05, 4.69) is 0 Å². The third-order valence-electron chi connectivity index (χ3n) is 4.83. The average molecular weight is 355 g/mol. The second kappa shape index (κ2) is 8.13. The molecule has 3 rings (SSSR count). The lowest BCUT2D eigenvalue weighted by Gasteiger charge is -2.20. The van der Waals surface area contributed by atoms with Gasteiger partial charge in [-0.1, -0.05) is 43.5 Å². The van der Waals surface area contributed by atoms with Crippen LogP contribution in [0.1, 0.15) is 48.9 Å². The van der Waals surface area contributed by atoms with Gasteiger partial charge in [-0.25, -0.2) is 4.39 Å². The maximum atomic E-state index is 14.8. The molecule has 0 spiro atoms. The predicted octanol–water partition coefficient (Wildman–Crippen LogP) is 4.47. The maximum Gasteiger partial charge on any atom is 0.311 e. The molecule has 136 valence electrons. The Bertz CT molecular complexity index is 813. The quantitative estimate of drug-likeness (QED) is 0.635. The van der Waals surface area contributed by atoms with Crippen molar-refractivity contribution in [1.82, 2.24) is 0 Å². The highest BCUT2D eigenvalue weighted by molar-refractivity contribution is 5.94. The summed E-state index contributed by atoms with van der Waals surface area (Å²) in [7, 11) is 0. The molecule has 0 bridgehead atoms. The van der Waals surface area contributed by atoms with E-state index in [4.69, 9.17) is 10.5 Å². The minimum absolute atomic E-state index is 0.0900. The molecule has 2 N–H and O–H groups in total. The molecule has 0 radical (unpaired) electrons. The second-order valence-electron chi connectivity index (χ2n) is 6.74. The van der Waals surface area contributed by atoms with Crippen LogP contribution >= 0.6 is 0 Å². The van der Waals surface area contributed by atoms with Crippen LogP contribution in [0.3, 0.4) is 0 Å². The minimum Gasteiger partial charge on any atom is -0.423 e. The van der Waals surface area contributed by atoms with Crippen molar-refractivity contribution in [3.05, 3.63) is 53.8 Å². The minimum atomic E-state index is -0.619. The summed E-state index contributed by atoms with van der Waals surface area (Å²) in [6.07, 6.45) is 5.86. The third kappa shape index (κ3) is 4.28. The van der Waals surface area contributed by atoms with E-state index in [1.165, 1.54) is 18.6 Å². The van der Waals surface area contributed by atoms with Crippen molar-refractivity contribution in [2.45, 2.75) is 38.5 Å². The summed E-state index contributed by atoms with van der Waals surface area (Å²) in [6.45, 7) is 0. The number of benzene rings is 2. The molecule has 1 amide bonds. The summed E-state index contributed by atoms with van der Waals surface area (Å²) in [5.41, 5.74) is 6.34. The van der Waals surface area contributed by atoms with Crippen LogP contribution in [0.5, 0.6) is 5.75 Å². The summed E-state index contributed by atoms with van der Waals surface area (Å²) in [5.74, 6) is -1.37. The lowest BCUT2D eigenvalue weighted by molar-refractivity contribution is -0.135. The molecule has 1 fully saturated rings. The Hall–Kier alpha value is -2.69. The predicted molar refractivity (Wildman–Crippen MR) is 97.2 cm³/mol. The molecule has 0 heterocycles. The standard InChI is InChI=1S/C21H22FNO3/c22-20-17(15-8-4-9-16(13-15)21(23)25)10-5-11-18(20)26-19(24)12-14-6-2-1-3-7-14/h4-5,8-11,13-14H,1-3,6-7,12H2,(H2,23,25). The number of primary amides is 1. The van der Waals surface area contributed by atoms with Gasteiger partial charge >= 0.3 is 5.97 Å². The molecular weight excluding hydrogens is 333 g/mol. The molecule has 0 unspecified atom stereocenters. The van der Waals surface area contributed by atoms with Crippen LogP contribution in [0.4, 0.5) is 4.39 Å². The zero-order chi connectivity index (χ0) is 18.5. The molecule has 0 saturated heterocycles. The second-order valence-corrected chi connectivity index (χ2v) is 6.74. The van der Waals surface area contributed by atoms with Crippen LogP contribution in [0.15, 0.2) is 42.5 Å². The van der Waals surface area contributed by atoms with Crippen molar-refractivity contribution >= 4 is 11.9 Å². The summed E-state index contributed by atoms with van der Waals surface area (Å²) in [6, 6.07) is 11.0. The fraction of sp³-hybridized carbons (Fsp3) is 0.333. The molecule has 2 aromatic carbocycles. The number of hydrogen-bond donors (Lipinski definition) is 1. The van der Waals surface area contributed by atoms with E-state index in [9.17, 15) is 14.0 Å². The first-order valence-corrected chi connectivity index (χ1v) is 8.94. The highest BCUT2D eigenvalue weighted by atomic mass is 19.1. The molecule has 0 atom stereocenters. The van der Waals surface area contributed by atoms with Crippen molar-refractivity contribution < 1.29 is 18.7 Å². The Morgan fingerprint density at radius 3 is 2.54 bits per heavy atom. The van der Waals surface area contributed by atoms with Gasteiger partial charge in [-0.05, 0) is 42.5 Å². The topological polar surface area (TPSA) is 69.4 Å². The van der Waals surface area contributed by atoms with Gasteiger partial charge in [-0.2, -0.15) is 0 Å². The van der Waals surface area contributed by atoms with Gasteiger partial charge in [0.25, 0.3) is 0 Å². The van der Waals surface area contributed by atoms with Crippen molar-refractivity contribution in [3.8, 4) is 16.9 Å². The van der Waals surface area contributed by atoms with E-state index >= 15 is 0 Å². The van der Waals surface area contributed by atoms with Gasteiger partial charge in [-0.3, -0.25) is 9.59 Å². The van der Waals surface area contributed by atoms with Crippen molar-refractivity contribution in [2.24, 2.45) is 11.7 Å². The zero-order valence-corrected chi connectivity index (χ0v) is 14.5. The Morgan fingerprint density at radius 1 is 1.08 bits per heavy atom.